The summed E-state index contributed by atoms with van der Waals surface area (Å²) in [6.45, 7) is 8.83. The minimum absolute atomic E-state index is 0.245. The number of carbonyl (C=O) groups is 1. The molecular formula is C30H32Cl2N2O3S. The zero-order valence-corrected chi connectivity index (χ0v) is 24.5. The standard InChI is InChI=1S/C30H32Cl2N2O3S/c1-6-38(5,23-13-10-21(11-14-23)30(35)36)28-15-12-22(16-20(28)4)37-18-27-24(19(2)3)17-33-34(27)29-25(31)8-7-9-26(29)32/h7-17,19H,6,18H2,1-5H3,(H,35,36). The normalized spacial score (nSPS) is 13.8. The monoisotopic (exact) mass is 570 g/mol. The van der Waals surface area contributed by atoms with Crippen molar-refractivity contribution in [3.05, 3.63) is 99.3 Å². The number of para-hydroxylation sites is 1. The number of hydrogen-bond donors (Lipinski definition) is 1. The van der Waals surface area contributed by atoms with Crippen LogP contribution in [0.5, 0.6) is 5.75 Å². The maximum Gasteiger partial charge on any atom is 0.335 e. The molecule has 0 radical (unpaired) electrons. The van der Waals surface area contributed by atoms with Gasteiger partial charge in [-0.2, -0.15) is 15.1 Å². The summed E-state index contributed by atoms with van der Waals surface area (Å²) in [6.07, 6.45) is 4.12. The number of ether oxygens (including phenoxy) is 1. The molecule has 1 unspecified atom stereocenters. The number of halogens is 2. The number of nitrogens with zero attached hydrogens (tertiary/aromatic N) is 2. The average molecular weight is 572 g/mol. The maximum atomic E-state index is 11.3. The van der Waals surface area contributed by atoms with E-state index in [9.17, 15) is 9.90 Å². The molecule has 1 N–H and O–H groups in total. The lowest BCUT2D eigenvalue weighted by atomic mass is 10.0. The minimum Gasteiger partial charge on any atom is -0.487 e. The molecule has 5 nitrogen and oxygen atoms in total. The second-order valence-corrected chi connectivity index (χ2v) is 14.1. The fourth-order valence-corrected chi connectivity index (χ4v) is 7.94. The van der Waals surface area contributed by atoms with E-state index in [0.29, 0.717) is 27.9 Å². The fourth-order valence-electron chi connectivity index (χ4n) is 4.61. The van der Waals surface area contributed by atoms with Gasteiger partial charge in [0.05, 0.1) is 27.5 Å². The third-order valence-corrected chi connectivity index (χ3v) is 11.4. The van der Waals surface area contributed by atoms with Crippen LogP contribution in [0, 0.1) is 6.92 Å². The maximum absolute atomic E-state index is 11.3. The van der Waals surface area contributed by atoms with Gasteiger partial charge in [0.2, 0.25) is 0 Å². The number of hydrogen-bond acceptors (Lipinski definition) is 3. The summed E-state index contributed by atoms with van der Waals surface area (Å²) < 4.78 is 8.09. The van der Waals surface area contributed by atoms with Crippen LogP contribution in [0.2, 0.25) is 10.0 Å². The van der Waals surface area contributed by atoms with E-state index in [0.717, 1.165) is 33.2 Å². The molecule has 200 valence electrons. The largest absolute Gasteiger partial charge is 0.487 e. The van der Waals surface area contributed by atoms with Gasteiger partial charge in [-0.25, -0.2) is 9.48 Å². The summed E-state index contributed by atoms with van der Waals surface area (Å²) in [5.41, 5.74) is 4.05. The number of rotatable bonds is 9. The molecule has 0 aliphatic rings. The number of aryl methyl sites for hydroxylation is 1. The van der Waals surface area contributed by atoms with E-state index in [2.05, 4.69) is 51.2 Å². The smallest absolute Gasteiger partial charge is 0.335 e. The highest BCUT2D eigenvalue weighted by Crippen LogP contribution is 2.60. The zero-order valence-electron chi connectivity index (χ0n) is 22.2. The number of aromatic nitrogens is 2. The van der Waals surface area contributed by atoms with Crippen LogP contribution in [0.15, 0.2) is 76.7 Å². The molecule has 0 saturated heterocycles. The van der Waals surface area contributed by atoms with Crippen molar-refractivity contribution in [2.24, 2.45) is 0 Å². The minimum atomic E-state index is -1.34. The molecule has 0 aliphatic carbocycles. The van der Waals surface area contributed by atoms with Gasteiger partial charge in [0.25, 0.3) is 0 Å². The van der Waals surface area contributed by atoms with Crippen LogP contribution in [-0.2, 0) is 6.61 Å². The first kappa shape index (κ1) is 28.1. The second-order valence-electron chi connectivity index (χ2n) is 9.61. The SMILES string of the molecule is CCS(C)(c1ccc(C(=O)O)cc1)c1ccc(OCc2c(C(C)C)cnn2-c2c(Cl)cccc2Cl)cc1C. The van der Waals surface area contributed by atoms with Crippen molar-refractivity contribution in [2.75, 3.05) is 12.0 Å². The van der Waals surface area contributed by atoms with Crippen molar-refractivity contribution in [3.63, 3.8) is 0 Å². The molecule has 1 aromatic heterocycles. The topological polar surface area (TPSA) is 64.3 Å². The molecule has 0 amide bonds. The molecule has 8 heteroatoms. The van der Waals surface area contributed by atoms with Gasteiger partial charge >= 0.3 is 5.97 Å². The molecule has 0 saturated carbocycles. The highest BCUT2D eigenvalue weighted by molar-refractivity contribution is 8.33. The van der Waals surface area contributed by atoms with Crippen molar-refractivity contribution < 1.29 is 14.6 Å². The summed E-state index contributed by atoms with van der Waals surface area (Å²) in [5, 5.41) is 14.9. The van der Waals surface area contributed by atoms with Crippen LogP contribution in [0.3, 0.4) is 0 Å². The zero-order chi connectivity index (χ0) is 27.6. The summed E-state index contributed by atoms with van der Waals surface area (Å²) in [6, 6.07) is 18.9. The van der Waals surface area contributed by atoms with Crippen LogP contribution in [0.4, 0.5) is 0 Å². The van der Waals surface area contributed by atoms with E-state index < -0.39 is 16.0 Å². The van der Waals surface area contributed by atoms with E-state index in [1.165, 1.54) is 4.90 Å². The lowest BCUT2D eigenvalue weighted by molar-refractivity contribution is 0.0697. The van der Waals surface area contributed by atoms with Gasteiger partial charge in [-0.3, -0.25) is 0 Å². The fraction of sp³-hybridized carbons (Fsp3) is 0.267. The van der Waals surface area contributed by atoms with Crippen molar-refractivity contribution in [3.8, 4) is 11.4 Å². The highest BCUT2D eigenvalue weighted by atomic mass is 35.5. The Labute approximate surface area is 235 Å². The molecule has 0 fully saturated rings. The first-order chi connectivity index (χ1) is 18.1. The van der Waals surface area contributed by atoms with E-state index in [4.69, 9.17) is 27.9 Å². The number of aromatic carboxylic acids is 1. The summed E-state index contributed by atoms with van der Waals surface area (Å²) in [7, 11) is -1.34. The first-order valence-electron chi connectivity index (χ1n) is 12.4. The van der Waals surface area contributed by atoms with Gasteiger partial charge in [-0.15, -0.1) is 0 Å². The van der Waals surface area contributed by atoms with Crippen molar-refractivity contribution in [1.82, 2.24) is 9.78 Å². The van der Waals surface area contributed by atoms with E-state index in [1.807, 2.05) is 30.5 Å². The van der Waals surface area contributed by atoms with Gasteiger partial charge in [0.15, 0.2) is 0 Å². The predicted molar refractivity (Wildman–Crippen MR) is 157 cm³/mol. The van der Waals surface area contributed by atoms with Gasteiger partial charge in [-0.1, -0.05) is 50.0 Å². The molecular weight excluding hydrogens is 539 g/mol. The second kappa shape index (κ2) is 11.4. The Morgan fingerprint density at radius 1 is 1.08 bits per heavy atom. The van der Waals surface area contributed by atoms with Crippen LogP contribution < -0.4 is 4.74 Å². The third-order valence-electron chi connectivity index (χ3n) is 6.88. The molecule has 38 heavy (non-hydrogen) atoms. The molecule has 4 aromatic rings. The number of carboxylic acid groups (broad SMARTS) is 1. The first-order valence-corrected chi connectivity index (χ1v) is 15.4. The predicted octanol–water partition coefficient (Wildman–Crippen LogP) is 8.76. The molecule has 0 spiro atoms. The third kappa shape index (κ3) is 5.44. The Bertz CT molecular complexity index is 1450. The molecule has 4 rings (SSSR count). The molecule has 1 atom stereocenters. The Hall–Kier alpha value is -2.93. The van der Waals surface area contributed by atoms with E-state index in [1.54, 1.807) is 28.9 Å². The Kier molecular flexibility index (Phi) is 8.46. The van der Waals surface area contributed by atoms with Crippen LogP contribution in [0.1, 0.15) is 53.9 Å². The summed E-state index contributed by atoms with van der Waals surface area (Å²) in [4.78, 5) is 13.7. The summed E-state index contributed by atoms with van der Waals surface area (Å²) >= 11 is 13.0. The average Bonchev–Trinajstić information content (AvgIpc) is 3.31. The highest BCUT2D eigenvalue weighted by Gasteiger charge is 2.24. The lowest BCUT2D eigenvalue weighted by Crippen LogP contribution is -2.10. The molecule has 1 heterocycles. The molecule has 0 bridgehead atoms. The molecule has 3 aromatic carbocycles. The lowest BCUT2D eigenvalue weighted by Gasteiger charge is -2.37. The van der Waals surface area contributed by atoms with Gasteiger partial charge in [0, 0.05) is 0 Å². The van der Waals surface area contributed by atoms with Crippen molar-refractivity contribution >= 4 is 39.2 Å². The van der Waals surface area contributed by atoms with Crippen LogP contribution in [-0.4, -0.2) is 32.9 Å². The Balaban J connectivity index is 1.63. The van der Waals surface area contributed by atoms with Crippen LogP contribution in [0.25, 0.3) is 5.69 Å². The van der Waals surface area contributed by atoms with Crippen molar-refractivity contribution in [1.29, 1.82) is 0 Å². The van der Waals surface area contributed by atoms with E-state index in [-0.39, 0.29) is 5.92 Å². The van der Waals surface area contributed by atoms with Gasteiger partial charge < -0.3 is 9.84 Å². The quantitative estimate of drug-likeness (QED) is 0.218. The number of carboxylic acids is 1. The van der Waals surface area contributed by atoms with Gasteiger partial charge in [0.1, 0.15) is 18.0 Å². The number of benzene rings is 3. The Morgan fingerprint density at radius 2 is 1.74 bits per heavy atom. The summed E-state index contributed by atoms with van der Waals surface area (Å²) in [5.74, 6) is 1.03. The van der Waals surface area contributed by atoms with Crippen molar-refractivity contribution in [2.45, 2.75) is 50.0 Å². The van der Waals surface area contributed by atoms with E-state index >= 15 is 0 Å². The Morgan fingerprint density at radius 3 is 2.29 bits per heavy atom. The molecule has 0 aliphatic heterocycles. The van der Waals surface area contributed by atoms with Gasteiger partial charge in [-0.05, 0) is 100 Å². The van der Waals surface area contributed by atoms with Crippen LogP contribution >= 0.6 is 33.2 Å².